The van der Waals surface area contributed by atoms with E-state index in [1.165, 1.54) is 5.56 Å². The molecule has 1 aromatic heterocycles. The summed E-state index contributed by atoms with van der Waals surface area (Å²) in [7, 11) is 0. The number of nitrogens with one attached hydrogen (secondary N) is 2. The van der Waals surface area contributed by atoms with Gasteiger partial charge in [0.25, 0.3) is 11.8 Å². The molecule has 144 valence electrons. The standard InChI is InChI=1S/C24H20N2O3/c1-2-16-12-14-18(15-13-16)25-24(28)22-21(19-10-6-7-11-20(19)29-22)26-23(27)17-8-4-3-5-9-17/h3-15H,2H2,1H3,(H,25,28)(H,26,27). The Hall–Kier alpha value is -3.86. The maximum Gasteiger partial charge on any atom is 0.293 e. The number of benzene rings is 3. The van der Waals surface area contributed by atoms with Crippen LogP contribution in [0.3, 0.4) is 0 Å². The molecule has 0 aliphatic heterocycles. The van der Waals surface area contributed by atoms with Crippen LogP contribution in [0.25, 0.3) is 11.0 Å². The van der Waals surface area contributed by atoms with Crippen LogP contribution >= 0.6 is 0 Å². The van der Waals surface area contributed by atoms with Crippen molar-refractivity contribution in [1.82, 2.24) is 0 Å². The van der Waals surface area contributed by atoms with Gasteiger partial charge >= 0.3 is 0 Å². The highest BCUT2D eigenvalue weighted by Crippen LogP contribution is 2.32. The van der Waals surface area contributed by atoms with Crippen molar-refractivity contribution in [2.75, 3.05) is 10.6 Å². The van der Waals surface area contributed by atoms with Crippen LogP contribution in [0.15, 0.2) is 83.3 Å². The van der Waals surface area contributed by atoms with E-state index in [4.69, 9.17) is 4.42 Å². The Bertz CT molecular complexity index is 1160. The van der Waals surface area contributed by atoms with Gasteiger partial charge in [0, 0.05) is 16.6 Å². The zero-order valence-corrected chi connectivity index (χ0v) is 15.9. The third-order valence-electron chi connectivity index (χ3n) is 4.70. The van der Waals surface area contributed by atoms with Crippen LogP contribution in [0.4, 0.5) is 11.4 Å². The van der Waals surface area contributed by atoms with Crippen LogP contribution in [0.5, 0.6) is 0 Å². The zero-order chi connectivity index (χ0) is 20.2. The Balaban J connectivity index is 1.67. The van der Waals surface area contributed by atoms with Gasteiger partial charge in [0.2, 0.25) is 5.76 Å². The summed E-state index contributed by atoms with van der Waals surface area (Å²) < 4.78 is 5.79. The molecule has 1 heterocycles. The molecule has 2 N–H and O–H groups in total. The fraction of sp³-hybridized carbons (Fsp3) is 0.0833. The molecule has 0 saturated heterocycles. The van der Waals surface area contributed by atoms with Gasteiger partial charge in [-0.2, -0.15) is 0 Å². The van der Waals surface area contributed by atoms with E-state index in [9.17, 15) is 9.59 Å². The molecule has 0 aliphatic rings. The minimum Gasteiger partial charge on any atom is -0.449 e. The first-order valence-corrected chi connectivity index (χ1v) is 9.44. The van der Waals surface area contributed by atoms with Gasteiger partial charge in [-0.05, 0) is 48.4 Å². The molecule has 0 aliphatic carbocycles. The van der Waals surface area contributed by atoms with Crippen molar-refractivity contribution in [1.29, 1.82) is 0 Å². The summed E-state index contributed by atoms with van der Waals surface area (Å²) in [5.74, 6) is -0.664. The van der Waals surface area contributed by atoms with E-state index in [1.54, 1.807) is 30.3 Å². The third-order valence-corrected chi connectivity index (χ3v) is 4.70. The van der Waals surface area contributed by atoms with E-state index in [1.807, 2.05) is 48.5 Å². The number of hydrogen-bond acceptors (Lipinski definition) is 3. The van der Waals surface area contributed by atoms with Crippen LogP contribution < -0.4 is 10.6 Å². The minimum absolute atomic E-state index is 0.0649. The minimum atomic E-state index is -0.422. The Morgan fingerprint density at radius 1 is 0.793 bits per heavy atom. The highest BCUT2D eigenvalue weighted by molar-refractivity contribution is 6.16. The average Bonchev–Trinajstić information content (AvgIpc) is 3.13. The molecule has 0 spiro atoms. The third kappa shape index (κ3) is 3.89. The van der Waals surface area contributed by atoms with Crippen molar-refractivity contribution in [2.24, 2.45) is 0 Å². The Morgan fingerprint density at radius 2 is 1.48 bits per heavy atom. The first kappa shape index (κ1) is 18.5. The number of amides is 2. The van der Waals surface area contributed by atoms with E-state index in [2.05, 4.69) is 17.6 Å². The summed E-state index contributed by atoms with van der Waals surface area (Å²) >= 11 is 0. The first-order chi connectivity index (χ1) is 14.2. The van der Waals surface area contributed by atoms with Crippen molar-refractivity contribution in [3.8, 4) is 0 Å². The molecule has 0 unspecified atom stereocenters. The molecular weight excluding hydrogens is 364 g/mol. The number of anilines is 2. The number of carbonyl (C=O) groups is 2. The summed E-state index contributed by atoms with van der Waals surface area (Å²) in [5.41, 5.74) is 3.23. The summed E-state index contributed by atoms with van der Waals surface area (Å²) in [6.07, 6.45) is 0.924. The molecule has 0 bridgehead atoms. The topological polar surface area (TPSA) is 71.3 Å². The molecule has 0 radical (unpaired) electrons. The maximum absolute atomic E-state index is 12.9. The largest absolute Gasteiger partial charge is 0.449 e. The van der Waals surface area contributed by atoms with E-state index in [0.717, 1.165) is 6.42 Å². The smallest absolute Gasteiger partial charge is 0.293 e. The quantitative estimate of drug-likeness (QED) is 0.477. The van der Waals surface area contributed by atoms with Crippen molar-refractivity contribution >= 4 is 34.2 Å². The lowest BCUT2D eigenvalue weighted by atomic mass is 10.1. The molecule has 3 aromatic carbocycles. The van der Waals surface area contributed by atoms with E-state index in [0.29, 0.717) is 27.9 Å². The van der Waals surface area contributed by atoms with Gasteiger partial charge in [-0.25, -0.2) is 0 Å². The van der Waals surface area contributed by atoms with Crippen LogP contribution in [-0.4, -0.2) is 11.8 Å². The van der Waals surface area contributed by atoms with Gasteiger partial charge in [0.05, 0.1) is 0 Å². The summed E-state index contributed by atoms with van der Waals surface area (Å²) in [4.78, 5) is 25.6. The lowest BCUT2D eigenvalue weighted by molar-refractivity contribution is 0.0999. The summed E-state index contributed by atoms with van der Waals surface area (Å²) in [5, 5.41) is 6.35. The molecule has 0 fully saturated rings. The number of aryl methyl sites for hydroxylation is 1. The van der Waals surface area contributed by atoms with Crippen LogP contribution in [-0.2, 0) is 6.42 Å². The number of hydrogen-bond donors (Lipinski definition) is 2. The fourth-order valence-electron chi connectivity index (χ4n) is 3.12. The monoisotopic (exact) mass is 384 g/mol. The number of fused-ring (bicyclic) bond motifs is 1. The lowest BCUT2D eigenvalue weighted by Crippen LogP contribution is -2.17. The number of para-hydroxylation sites is 1. The summed E-state index contributed by atoms with van der Waals surface area (Å²) in [6.45, 7) is 2.07. The molecule has 4 rings (SSSR count). The Morgan fingerprint density at radius 3 is 2.21 bits per heavy atom. The van der Waals surface area contributed by atoms with Crippen molar-refractivity contribution in [2.45, 2.75) is 13.3 Å². The van der Waals surface area contributed by atoms with E-state index >= 15 is 0 Å². The molecule has 5 nitrogen and oxygen atoms in total. The van der Waals surface area contributed by atoms with Gasteiger partial charge in [0.1, 0.15) is 11.3 Å². The van der Waals surface area contributed by atoms with Crippen LogP contribution in [0.1, 0.15) is 33.4 Å². The highest BCUT2D eigenvalue weighted by atomic mass is 16.3. The van der Waals surface area contributed by atoms with Gasteiger partial charge in [-0.1, -0.05) is 49.4 Å². The van der Waals surface area contributed by atoms with Gasteiger partial charge < -0.3 is 15.1 Å². The predicted octanol–water partition coefficient (Wildman–Crippen LogP) is 5.50. The van der Waals surface area contributed by atoms with E-state index < -0.39 is 5.91 Å². The number of furan rings is 1. The van der Waals surface area contributed by atoms with Gasteiger partial charge in [-0.15, -0.1) is 0 Å². The van der Waals surface area contributed by atoms with Crippen LogP contribution in [0, 0.1) is 0 Å². The first-order valence-electron chi connectivity index (χ1n) is 9.44. The second-order valence-electron chi connectivity index (χ2n) is 6.63. The predicted molar refractivity (Wildman–Crippen MR) is 114 cm³/mol. The number of rotatable bonds is 5. The normalized spacial score (nSPS) is 10.7. The second-order valence-corrected chi connectivity index (χ2v) is 6.63. The molecule has 29 heavy (non-hydrogen) atoms. The van der Waals surface area contributed by atoms with E-state index in [-0.39, 0.29) is 11.7 Å². The van der Waals surface area contributed by atoms with Crippen molar-refractivity contribution in [3.05, 3.63) is 95.7 Å². The molecular formula is C24H20N2O3. The zero-order valence-electron chi connectivity index (χ0n) is 15.9. The second kappa shape index (κ2) is 8.02. The SMILES string of the molecule is CCc1ccc(NC(=O)c2oc3ccccc3c2NC(=O)c2ccccc2)cc1. The molecule has 4 aromatic rings. The summed E-state index contributed by atoms with van der Waals surface area (Å²) in [6, 6.07) is 23.7. The van der Waals surface area contributed by atoms with Crippen LogP contribution in [0.2, 0.25) is 0 Å². The van der Waals surface area contributed by atoms with Crippen molar-refractivity contribution < 1.29 is 14.0 Å². The Labute approximate surface area is 168 Å². The van der Waals surface area contributed by atoms with Gasteiger partial charge in [0.15, 0.2) is 0 Å². The Kier molecular flexibility index (Phi) is 5.12. The van der Waals surface area contributed by atoms with Gasteiger partial charge in [-0.3, -0.25) is 9.59 Å². The number of carbonyl (C=O) groups excluding carboxylic acids is 2. The molecule has 0 saturated carbocycles. The molecule has 2 amide bonds. The lowest BCUT2D eigenvalue weighted by Gasteiger charge is -2.08. The maximum atomic E-state index is 12.9. The van der Waals surface area contributed by atoms with Crippen molar-refractivity contribution in [3.63, 3.8) is 0 Å². The highest BCUT2D eigenvalue weighted by Gasteiger charge is 2.22. The molecule has 5 heteroatoms. The molecule has 0 atom stereocenters. The fourth-order valence-corrected chi connectivity index (χ4v) is 3.12. The average molecular weight is 384 g/mol.